The van der Waals surface area contributed by atoms with Crippen molar-refractivity contribution in [3.05, 3.63) is 30.1 Å². The Labute approximate surface area is 116 Å². The van der Waals surface area contributed by atoms with Crippen molar-refractivity contribution in [2.75, 3.05) is 26.7 Å². The molecular weight excluding hydrogens is 238 g/mol. The SMILES string of the molecule is CN1CC(CCO)N(Cc2ccncc2)C(C)(C)C1. The third-order valence-electron chi connectivity index (χ3n) is 3.96. The van der Waals surface area contributed by atoms with Crippen LogP contribution in [0.1, 0.15) is 25.8 Å². The highest BCUT2D eigenvalue weighted by molar-refractivity contribution is 5.11. The van der Waals surface area contributed by atoms with Crippen molar-refractivity contribution in [2.24, 2.45) is 0 Å². The number of likely N-dealkylation sites (N-methyl/N-ethyl adjacent to an activating group) is 1. The molecule has 4 nitrogen and oxygen atoms in total. The minimum Gasteiger partial charge on any atom is -0.396 e. The molecule has 4 heteroatoms. The van der Waals surface area contributed by atoms with Gasteiger partial charge in [0.05, 0.1) is 0 Å². The molecule has 1 aromatic rings. The summed E-state index contributed by atoms with van der Waals surface area (Å²) in [6.07, 6.45) is 4.53. The van der Waals surface area contributed by atoms with Crippen LogP contribution in [0.25, 0.3) is 0 Å². The molecule has 1 fully saturated rings. The van der Waals surface area contributed by atoms with E-state index in [0.717, 1.165) is 26.1 Å². The Morgan fingerprint density at radius 1 is 1.37 bits per heavy atom. The Morgan fingerprint density at radius 2 is 2.05 bits per heavy atom. The van der Waals surface area contributed by atoms with E-state index in [4.69, 9.17) is 0 Å². The van der Waals surface area contributed by atoms with Crippen molar-refractivity contribution in [3.63, 3.8) is 0 Å². The van der Waals surface area contributed by atoms with Crippen LogP contribution in [0.3, 0.4) is 0 Å². The highest BCUT2D eigenvalue weighted by Gasteiger charge is 2.38. The summed E-state index contributed by atoms with van der Waals surface area (Å²) in [6, 6.07) is 4.56. The molecule has 0 spiro atoms. The topological polar surface area (TPSA) is 39.6 Å². The van der Waals surface area contributed by atoms with E-state index < -0.39 is 0 Å². The van der Waals surface area contributed by atoms with Gasteiger partial charge in [-0.15, -0.1) is 0 Å². The Morgan fingerprint density at radius 3 is 2.68 bits per heavy atom. The van der Waals surface area contributed by atoms with Gasteiger partial charge in [0.2, 0.25) is 0 Å². The first-order valence-electron chi connectivity index (χ1n) is 6.98. The minimum absolute atomic E-state index is 0.121. The number of nitrogens with zero attached hydrogens (tertiary/aromatic N) is 3. The zero-order valence-corrected chi connectivity index (χ0v) is 12.2. The molecule has 1 unspecified atom stereocenters. The monoisotopic (exact) mass is 263 g/mol. The predicted octanol–water partition coefficient (Wildman–Crippen LogP) is 1.36. The van der Waals surface area contributed by atoms with Crippen LogP contribution in [0.4, 0.5) is 0 Å². The minimum atomic E-state index is 0.121. The Hall–Kier alpha value is -0.970. The van der Waals surface area contributed by atoms with Gasteiger partial charge in [-0.3, -0.25) is 9.88 Å². The maximum Gasteiger partial charge on any atom is 0.0446 e. The summed E-state index contributed by atoms with van der Waals surface area (Å²) < 4.78 is 0. The smallest absolute Gasteiger partial charge is 0.0446 e. The van der Waals surface area contributed by atoms with Crippen LogP contribution in [0, 0.1) is 0 Å². The van der Waals surface area contributed by atoms with Gasteiger partial charge in [-0.1, -0.05) is 0 Å². The third kappa shape index (κ3) is 3.53. The molecule has 1 aliphatic rings. The largest absolute Gasteiger partial charge is 0.396 e. The molecule has 0 radical (unpaired) electrons. The van der Waals surface area contributed by atoms with Gasteiger partial charge in [-0.05, 0) is 45.0 Å². The Bertz CT molecular complexity index is 394. The summed E-state index contributed by atoms with van der Waals surface area (Å²) in [5.74, 6) is 0. The molecule has 1 N–H and O–H groups in total. The molecule has 0 aromatic carbocycles. The van der Waals surface area contributed by atoms with Crippen molar-refractivity contribution < 1.29 is 5.11 Å². The highest BCUT2D eigenvalue weighted by Crippen LogP contribution is 2.28. The number of aliphatic hydroxyl groups excluding tert-OH is 1. The number of aliphatic hydroxyl groups is 1. The molecule has 1 atom stereocenters. The van der Waals surface area contributed by atoms with E-state index in [1.165, 1.54) is 5.56 Å². The first kappa shape index (κ1) is 14.4. The van der Waals surface area contributed by atoms with Gasteiger partial charge >= 0.3 is 0 Å². The standard InChI is InChI=1S/C15H25N3O/c1-15(2)12-17(3)11-14(6-9-19)18(15)10-13-4-7-16-8-5-13/h4-5,7-8,14,19H,6,9-12H2,1-3H3. The van der Waals surface area contributed by atoms with Crippen LogP contribution >= 0.6 is 0 Å². The fourth-order valence-electron chi connectivity index (χ4n) is 3.19. The molecule has 0 amide bonds. The van der Waals surface area contributed by atoms with E-state index in [2.05, 4.69) is 47.8 Å². The van der Waals surface area contributed by atoms with E-state index in [1.807, 2.05) is 12.4 Å². The quantitative estimate of drug-likeness (QED) is 0.890. The first-order valence-corrected chi connectivity index (χ1v) is 6.98. The summed E-state index contributed by atoms with van der Waals surface area (Å²) in [4.78, 5) is 8.97. The predicted molar refractivity (Wildman–Crippen MR) is 76.8 cm³/mol. The summed E-state index contributed by atoms with van der Waals surface area (Å²) >= 11 is 0. The van der Waals surface area contributed by atoms with Gasteiger partial charge < -0.3 is 10.0 Å². The van der Waals surface area contributed by atoms with Crippen LogP contribution in [-0.2, 0) is 6.54 Å². The molecule has 106 valence electrons. The van der Waals surface area contributed by atoms with Crippen LogP contribution in [0.2, 0.25) is 0 Å². The summed E-state index contributed by atoms with van der Waals surface area (Å²) in [6.45, 7) is 7.83. The van der Waals surface area contributed by atoms with Crippen molar-refractivity contribution in [1.82, 2.24) is 14.8 Å². The lowest BCUT2D eigenvalue weighted by molar-refractivity contribution is -0.0301. The molecule has 2 heterocycles. The second kappa shape index (κ2) is 5.99. The Kier molecular flexibility index (Phi) is 4.55. The number of pyridine rings is 1. The van der Waals surface area contributed by atoms with Gasteiger partial charge in [0.15, 0.2) is 0 Å². The molecule has 1 saturated heterocycles. The fraction of sp³-hybridized carbons (Fsp3) is 0.667. The second-order valence-corrected chi connectivity index (χ2v) is 6.16. The van der Waals surface area contributed by atoms with Gasteiger partial charge in [0.1, 0.15) is 0 Å². The summed E-state index contributed by atoms with van der Waals surface area (Å²) in [7, 11) is 2.16. The third-order valence-corrected chi connectivity index (χ3v) is 3.96. The summed E-state index contributed by atoms with van der Waals surface area (Å²) in [5, 5.41) is 9.30. The molecule has 1 aromatic heterocycles. The van der Waals surface area contributed by atoms with Crippen LogP contribution < -0.4 is 0 Å². The molecule has 19 heavy (non-hydrogen) atoms. The van der Waals surface area contributed by atoms with E-state index in [1.54, 1.807) is 0 Å². The van der Waals surface area contributed by atoms with Crippen LogP contribution in [0.15, 0.2) is 24.5 Å². The zero-order chi connectivity index (χ0) is 13.9. The van der Waals surface area contributed by atoms with Gasteiger partial charge in [-0.2, -0.15) is 0 Å². The van der Waals surface area contributed by atoms with Crippen molar-refractivity contribution in [3.8, 4) is 0 Å². The average molecular weight is 263 g/mol. The average Bonchev–Trinajstić information content (AvgIpc) is 2.34. The lowest BCUT2D eigenvalue weighted by Gasteiger charge is -2.51. The van der Waals surface area contributed by atoms with E-state index >= 15 is 0 Å². The molecule has 0 saturated carbocycles. The zero-order valence-electron chi connectivity index (χ0n) is 12.2. The number of aromatic nitrogens is 1. The van der Waals surface area contributed by atoms with E-state index in [-0.39, 0.29) is 12.1 Å². The van der Waals surface area contributed by atoms with Crippen molar-refractivity contribution in [2.45, 2.75) is 38.4 Å². The van der Waals surface area contributed by atoms with E-state index in [0.29, 0.717) is 6.04 Å². The fourth-order valence-corrected chi connectivity index (χ4v) is 3.19. The van der Waals surface area contributed by atoms with Gasteiger partial charge in [0, 0.05) is 50.2 Å². The van der Waals surface area contributed by atoms with Crippen LogP contribution in [-0.4, -0.2) is 58.2 Å². The maximum absolute atomic E-state index is 9.30. The van der Waals surface area contributed by atoms with Crippen molar-refractivity contribution >= 4 is 0 Å². The number of rotatable bonds is 4. The first-order chi connectivity index (χ1) is 9.03. The maximum atomic E-state index is 9.30. The number of hydrogen-bond acceptors (Lipinski definition) is 4. The highest BCUT2D eigenvalue weighted by atomic mass is 16.3. The van der Waals surface area contributed by atoms with Gasteiger partial charge in [0.25, 0.3) is 0 Å². The summed E-state index contributed by atoms with van der Waals surface area (Å²) in [5.41, 5.74) is 1.41. The number of piperazine rings is 1. The molecular formula is C15H25N3O. The number of hydrogen-bond donors (Lipinski definition) is 1. The lowest BCUT2D eigenvalue weighted by atomic mass is 9.93. The lowest BCUT2D eigenvalue weighted by Crippen LogP contribution is -2.62. The molecule has 1 aliphatic heterocycles. The van der Waals surface area contributed by atoms with Crippen molar-refractivity contribution in [1.29, 1.82) is 0 Å². The second-order valence-electron chi connectivity index (χ2n) is 6.16. The van der Waals surface area contributed by atoms with E-state index in [9.17, 15) is 5.11 Å². The normalized spacial score (nSPS) is 24.5. The molecule has 0 aliphatic carbocycles. The molecule has 0 bridgehead atoms. The van der Waals surface area contributed by atoms with Crippen LogP contribution in [0.5, 0.6) is 0 Å². The van der Waals surface area contributed by atoms with Gasteiger partial charge in [-0.25, -0.2) is 0 Å². The molecule has 2 rings (SSSR count). The Balaban J connectivity index is 2.17.